The smallest absolute Gasteiger partial charge is 0.124 e. The molecule has 112 valence electrons. The first-order valence-corrected chi connectivity index (χ1v) is 8.54. The molecule has 5 heteroatoms. The van der Waals surface area contributed by atoms with E-state index in [4.69, 9.17) is 16.3 Å². The summed E-state index contributed by atoms with van der Waals surface area (Å²) in [6.45, 7) is 2.92. The highest BCUT2D eigenvalue weighted by Crippen LogP contribution is 2.34. The normalized spacial score (nSPS) is 12.2. The highest BCUT2D eigenvalue weighted by atomic mass is 79.9. The van der Waals surface area contributed by atoms with Gasteiger partial charge in [-0.2, -0.15) is 0 Å². The van der Waals surface area contributed by atoms with Gasteiger partial charge in [0, 0.05) is 19.5 Å². The van der Waals surface area contributed by atoms with Gasteiger partial charge in [-0.3, -0.25) is 0 Å². The predicted octanol–water partition coefficient (Wildman–Crippen LogP) is 5.57. The number of benzene rings is 2. The molecule has 1 atom stereocenters. The van der Waals surface area contributed by atoms with Crippen LogP contribution in [0.5, 0.6) is 5.75 Å². The lowest BCUT2D eigenvalue weighted by molar-refractivity contribution is 0.404. The van der Waals surface area contributed by atoms with Crippen molar-refractivity contribution in [2.45, 2.75) is 13.0 Å². The summed E-state index contributed by atoms with van der Waals surface area (Å²) in [7, 11) is 1.67. The maximum absolute atomic E-state index is 6.17. The van der Waals surface area contributed by atoms with Crippen LogP contribution in [-0.2, 0) is 0 Å². The zero-order valence-electron chi connectivity index (χ0n) is 11.8. The molecule has 0 aromatic heterocycles. The fourth-order valence-corrected chi connectivity index (χ4v) is 3.79. The van der Waals surface area contributed by atoms with Crippen molar-refractivity contribution in [1.29, 1.82) is 0 Å². The van der Waals surface area contributed by atoms with E-state index < -0.39 is 0 Å². The summed E-state index contributed by atoms with van der Waals surface area (Å²) in [4.78, 5) is 0. The van der Waals surface area contributed by atoms with E-state index in [1.807, 2.05) is 24.3 Å². The Morgan fingerprint density at radius 1 is 1.14 bits per heavy atom. The molecule has 2 rings (SSSR count). The molecule has 0 radical (unpaired) electrons. The Hall–Kier alpha value is -0.550. The van der Waals surface area contributed by atoms with Crippen LogP contribution in [0.2, 0.25) is 5.02 Å². The molecule has 0 bridgehead atoms. The van der Waals surface area contributed by atoms with Crippen LogP contribution in [0, 0.1) is 0 Å². The van der Waals surface area contributed by atoms with Gasteiger partial charge in [-0.15, -0.1) is 0 Å². The van der Waals surface area contributed by atoms with Gasteiger partial charge in [0.25, 0.3) is 0 Å². The molecule has 0 aliphatic carbocycles. The largest absolute Gasteiger partial charge is 0.496 e. The molecule has 2 nitrogen and oxygen atoms in total. The van der Waals surface area contributed by atoms with Gasteiger partial charge < -0.3 is 10.1 Å². The standard InChI is InChI=1S/C16H16Br2ClNO/c1-3-20-16(10-6-11(17)8-12(18)7-10)14-9-13(19)4-5-15(14)21-2/h4-9,16,20H,3H2,1-2H3. The van der Waals surface area contributed by atoms with E-state index in [-0.39, 0.29) is 6.04 Å². The van der Waals surface area contributed by atoms with Crippen LogP contribution in [0.3, 0.4) is 0 Å². The minimum atomic E-state index is 0.0115. The second-order valence-corrected chi connectivity index (χ2v) is 6.85. The van der Waals surface area contributed by atoms with E-state index in [9.17, 15) is 0 Å². The van der Waals surface area contributed by atoms with E-state index >= 15 is 0 Å². The van der Waals surface area contributed by atoms with Crippen LogP contribution in [-0.4, -0.2) is 13.7 Å². The van der Waals surface area contributed by atoms with Crippen LogP contribution in [0.25, 0.3) is 0 Å². The van der Waals surface area contributed by atoms with Gasteiger partial charge in [-0.1, -0.05) is 50.4 Å². The maximum Gasteiger partial charge on any atom is 0.124 e. The number of ether oxygens (including phenoxy) is 1. The number of hydrogen-bond donors (Lipinski definition) is 1. The summed E-state index contributed by atoms with van der Waals surface area (Å²) in [5, 5.41) is 4.19. The fraction of sp³-hybridized carbons (Fsp3) is 0.250. The second kappa shape index (κ2) is 7.63. The molecule has 0 aliphatic rings. The van der Waals surface area contributed by atoms with Crippen molar-refractivity contribution in [3.63, 3.8) is 0 Å². The Morgan fingerprint density at radius 2 is 1.81 bits per heavy atom. The summed E-state index contributed by atoms with van der Waals surface area (Å²) in [6, 6.07) is 11.9. The molecule has 0 saturated heterocycles. The van der Waals surface area contributed by atoms with Crippen molar-refractivity contribution < 1.29 is 4.74 Å². The maximum atomic E-state index is 6.17. The second-order valence-electron chi connectivity index (χ2n) is 4.58. The van der Waals surface area contributed by atoms with E-state index in [1.54, 1.807) is 7.11 Å². The van der Waals surface area contributed by atoms with Crippen molar-refractivity contribution in [3.8, 4) is 5.75 Å². The topological polar surface area (TPSA) is 21.3 Å². The van der Waals surface area contributed by atoms with E-state index in [0.717, 1.165) is 32.4 Å². The van der Waals surface area contributed by atoms with Crippen molar-refractivity contribution in [3.05, 3.63) is 61.5 Å². The van der Waals surface area contributed by atoms with Crippen molar-refractivity contribution >= 4 is 43.5 Å². The minimum absolute atomic E-state index is 0.0115. The quantitative estimate of drug-likeness (QED) is 0.665. The number of hydrogen-bond acceptors (Lipinski definition) is 2. The first kappa shape index (κ1) is 16.8. The molecular formula is C16H16Br2ClNO. The zero-order chi connectivity index (χ0) is 15.4. The molecule has 1 N–H and O–H groups in total. The predicted molar refractivity (Wildman–Crippen MR) is 95.4 cm³/mol. The lowest BCUT2D eigenvalue weighted by atomic mass is 9.97. The van der Waals surface area contributed by atoms with Crippen LogP contribution in [0.4, 0.5) is 0 Å². The summed E-state index contributed by atoms with van der Waals surface area (Å²) >= 11 is 13.2. The lowest BCUT2D eigenvalue weighted by Crippen LogP contribution is -2.22. The first-order chi connectivity index (χ1) is 10.0. The molecule has 21 heavy (non-hydrogen) atoms. The highest BCUT2D eigenvalue weighted by molar-refractivity contribution is 9.11. The van der Waals surface area contributed by atoms with E-state index in [2.05, 4.69) is 56.2 Å². The van der Waals surface area contributed by atoms with Gasteiger partial charge in [0.1, 0.15) is 5.75 Å². The minimum Gasteiger partial charge on any atom is -0.496 e. The van der Waals surface area contributed by atoms with Crippen molar-refractivity contribution in [1.82, 2.24) is 5.32 Å². The van der Waals surface area contributed by atoms with E-state index in [1.165, 1.54) is 0 Å². The molecule has 0 amide bonds. The average molecular weight is 434 g/mol. The third-order valence-electron chi connectivity index (χ3n) is 3.13. The Morgan fingerprint density at radius 3 is 2.38 bits per heavy atom. The van der Waals surface area contributed by atoms with Gasteiger partial charge in [0.05, 0.1) is 13.2 Å². The summed E-state index contributed by atoms with van der Waals surface area (Å²) in [5.74, 6) is 0.821. The zero-order valence-corrected chi connectivity index (χ0v) is 15.7. The van der Waals surface area contributed by atoms with Crippen molar-refractivity contribution in [2.75, 3.05) is 13.7 Å². The van der Waals surface area contributed by atoms with Gasteiger partial charge in [0.2, 0.25) is 0 Å². The first-order valence-electron chi connectivity index (χ1n) is 6.58. The lowest BCUT2D eigenvalue weighted by Gasteiger charge is -2.22. The van der Waals surface area contributed by atoms with Gasteiger partial charge in [-0.05, 0) is 48.5 Å². The Labute approximate surface area is 147 Å². The molecule has 2 aromatic carbocycles. The third-order valence-corrected chi connectivity index (χ3v) is 4.28. The van der Waals surface area contributed by atoms with E-state index in [0.29, 0.717) is 5.02 Å². The monoisotopic (exact) mass is 431 g/mol. The molecule has 0 saturated carbocycles. The third kappa shape index (κ3) is 4.22. The summed E-state index contributed by atoms with van der Waals surface area (Å²) in [6.07, 6.45) is 0. The van der Waals surface area contributed by atoms with Gasteiger partial charge in [0.15, 0.2) is 0 Å². The Kier molecular flexibility index (Phi) is 6.11. The van der Waals surface area contributed by atoms with Crippen LogP contribution in [0.15, 0.2) is 45.3 Å². The van der Waals surface area contributed by atoms with Crippen LogP contribution >= 0.6 is 43.5 Å². The summed E-state index contributed by atoms with van der Waals surface area (Å²) in [5.41, 5.74) is 2.16. The SMILES string of the molecule is CCNC(c1cc(Br)cc(Br)c1)c1cc(Cl)ccc1OC. The molecule has 2 aromatic rings. The molecule has 0 spiro atoms. The molecule has 0 aliphatic heterocycles. The molecule has 1 unspecified atom stereocenters. The highest BCUT2D eigenvalue weighted by Gasteiger charge is 2.18. The fourth-order valence-electron chi connectivity index (χ4n) is 2.28. The van der Waals surface area contributed by atoms with Gasteiger partial charge in [-0.25, -0.2) is 0 Å². The number of nitrogens with one attached hydrogen (secondary N) is 1. The molecular weight excluding hydrogens is 417 g/mol. The average Bonchev–Trinajstić information content (AvgIpc) is 2.43. The molecule has 0 heterocycles. The number of rotatable bonds is 5. The van der Waals surface area contributed by atoms with Gasteiger partial charge >= 0.3 is 0 Å². The number of methoxy groups -OCH3 is 1. The molecule has 0 fully saturated rings. The Bertz CT molecular complexity index is 613. The van der Waals surface area contributed by atoms with Crippen molar-refractivity contribution in [2.24, 2.45) is 0 Å². The van der Waals surface area contributed by atoms with Crippen LogP contribution in [0.1, 0.15) is 24.1 Å². The summed E-state index contributed by atoms with van der Waals surface area (Å²) < 4.78 is 7.54. The number of halogens is 3. The Balaban J connectivity index is 2.55. The van der Waals surface area contributed by atoms with Crippen LogP contribution < -0.4 is 10.1 Å².